The minimum Gasteiger partial charge on any atom is -0.354 e. The van der Waals surface area contributed by atoms with Crippen molar-refractivity contribution in [3.05, 3.63) is 12.4 Å². The molecule has 1 atom stereocenters. The molecule has 2 amide bonds. The Kier molecular flexibility index (Phi) is 6.15. The summed E-state index contributed by atoms with van der Waals surface area (Å²) in [6.07, 6.45) is 1.50. The zero-order valence-corrected chi connectivity index (χ0v) is 14.5. The maximum absolute atomic E-state index is 12.0. The Labute approximate surface area is 138 Å². The van der Waals surface area contributed by atoms with Crippen molar-refractivity contribution in [2.75, 3.05) is 42.9 Å². The number of urea groups is 1. The number of carbonyl (C=O) groups is 1. The molecular weight excluding hydrogens is 292 g/mol. The fourth-order valence-corrected chi connectivity index (χ4v) is 2.41. The second-order valence-electron chi connectivity index (χ2n) is 6.31. The van der Waals surface area contributed by atoms with Crippen LogP contribution in [0.1, 0.15) is 27.7 Å². The molecule has 1 fully saturated rings. The summed E-state index contributed by atoms with van der Waals surface area (Å²) in [5.41, 5.74) is 0. The number of aromatic nitrogens is 2. The Balaban J connectivity index is 1.93. The van der Waals surface area contributed by atoms with Crippen molar-refractivity contribution >= 4 is 17.7 Å². The molecule has 1 saturated heterocycles. The van der Waals surface area contributed by atoms with E-state index in [0.717, 1.165) is 38.5 Å². The molecule has 1 aliphatic rings. The van der Waals surface area contributed by atoms with Gasteiger partial charge in [-0.3, -0.25) is 5.32 Å². The first kappa shape index (κ1) is 17.5. The number of rotatable bonds is 5. The standard InChI is InChI=1S/C16H28N6O/c1-5-21-6-8-22(9-7-21)15-10-14(17-11-18-15)20-16(23)19-13(4)12(2)3/h10-13H,5-9H2,1-4H3,(H2,17,18,19,20,23). The van der Waals surface area contributed by atoms with Crippen LogP contribution < -0.4 is 15.5 Å². The van der Waals surface area contributed by atoms with Gasteiger partial charge in [-0.25, -0.2) is 14.8 Å². The van der Waals surface area contributed by atoms with Gasteiger partial charge in [0.2, 0.25) is 0 Å². The molecule has 0 bridgehead atoms. The van der Waals surface area contributed by atoms with Gasteiger partial charge in [-0.2, -0.15) is 0 Å². The fraction of sp³-hybridized carbons (Fsp3) is 0.688. The molecule has 0 aromatic carbocycles. The average Bonchev–Trinajstić information content (AvgIpc) is 2.55. The Bertz CT molecular complexity index is 513. The second kappa shape index (κ2) is 8.10. The van der Waals surface area contributed by atoms with Crippen molar-refractivity contribution in [2.45, 2.75) is 33.7 Å². The van der Waals surface area contributed by atoms with Crippen LogP contribution >= 0.6 is 0 Å². The molecule has 1 unspecified atom stereocenters. The minimum atomic E-state index is -0.230. The second-order valence-corrected chi connectivity index (χ2v) is 6.31. The Morgan fingerprint density at radius 3 is 2.52 bits per heavy atom. The number of hydrogen-bond donors (Lipinski definition) is 2. The van der Waals surface area contributed by atoms with Gasteiger partial charge in [0.1, 0.15) is 18.0 Å². The smallest absolute Gasteiger partial charge is 0.320 e. The van der Waals surface area contributed by atoms with Crippen molar-refractivity contribution in [2.24, 2.45) is 5.92 Å². The van der Waals surface area contributed by atoms with E-state index in [1.54, 1.807) is 0 Å². The molecule has 0 spiro atoms. The minimum absolute atomic E-state index is 0.110. The van der Waals surface area contributed by atoms with Gasteiger partial charge in [0.05, 0.1) is 0 Å². The van der Waals surface area contributed by atoms with Gasteiger partial charge < -0.3 is 15.1 Å². The highest BCUT2D eigenvalue weighted by molar-refractivity contribution is 5.88. The van der Waals surface area contributed by atoms with Crippen molar-refractivity contribution < 1.29 is 4.79 Å². The van der Waals surface area contributed by atoms with E-state index in [0.29, 0.717) is 11.7 Å². The molecule has 2 rings (SSSR count). The summed E-state index contributed by atoms with van der Waals surface area (Å²) in [7, 11) is 0. The number of nitrogens with zero attached hydrogens (tertiary/aromatic N) is 4. The summed E-state index contributed by atoms with van der Waals surface area (Å²) in [6, 6.07) is 1.71. The summed E-state index contributed by atoms with van der Waals surface area (Å²) < 4.78 is 0. The van der Waals surface area contributed by atoms with Crippen LogP contribution in [0.25, 0.3) is 0 Å². The molecule has 1 aliphatic heterocycles. The number of likely N-dealkylation sites (N-methyl/N-ethyl adjacent to an activating group) is 1. The van der Waals surface area contributed by atoms with E-state index in [2.05, 4.69) is 51.2 Å². The lowest BCUT2D eigenvalue weighted by Gasteiger charge is -2.34. The molecule has 2 heterocycles. The molecule has 23 heavy (non-hydrogen) atoms. The Morgan fingerprint density at radius 1 is 1.22 bits per heavy atom. The predicted octanol–water partition coefficient (Wildman–Crippen LogP) is 1.78. The lowest BCUT2D eigenvalue weighted by molar-refractivity contribution is 0.246. The first-order valence-corrected chi connectivity index (χ1v) is 8.36. The normalized spacial score (nSPS) is 17.2. The van der Waals surface area contributed by atoms with Gasteiger partial charge in [0.25, 0.3) is 0 Å². The first-order valence-electron chi connectivity index (χ1n) is 8.36. The number of nitrogens with one attached hydrogen (secondary N) is 2. The van der Waals surface area contributed by atoms with Crippen molar-refractivity contribution in [1.82, 2.24) is 20.2 Å². The van der Waals surface area contributed by atoms with Gasteiger partial charge >= 0.3 is 6.03 Å². The number of amides is 2. The lowest BCUT2D eigenvalue weighted by Crippen LogP contribution is -2.46. The zero-order chi connectivity index (χ0) is 16.8. The monoisotopic (exact) mass is 320 g/mol. The van der Waals surface area contributed by atoms with E-state index in [9.17, 15) is 4.79 Å². The number of piperazine rings is 1. The van der Waals surface area contributed by atoms with Crippen LogP contribution in [-0.2, 0) is 0 Å². The molecule has 1 aromatic rings. The molecule has 0 aliphatic carbocycles. The highest BCUT2D eigenvalue weighted by atomic mass is 16.2. The molecule has 128 valence electrons. The zero-order valence-electron chi connectivity index (χ0n) is 14.5. The molecule has 1 aromatic heterocycles. The van der Waals surface area contributed by atoms with Crippen molar-refractivity contribution in [1.29, 1.82) is 0 Å². The third-order valence-corrected chi connectivity index (χ3v) is 4.40. The summed E-state index contributed by atoms with van der Waals surface area (Å²) >= 11 is 0. The van der Waals surface area contributed by atoms with Crippen LogP contribution in [-0.4, -0.2) is 59.7 Å². The Morgan fingerprint density at radius 2 is 1.91 bits per heavy atom. The summed E-state index contributed by atoms with van der Waals surface area (Å²) in [4.78, 5) is 25.1. The quantitative estimate of drug-likeness (QED) is 0.865. The summed E-state index contributed by atoms with van der Waals surface area (Å²) in [5.74, 6) is 1.78. The van der Waals surface area contributed by atoms with Gasteiger partial charge in [-0.15, -0.1) is 0 Å². The summed E-state index contributed by atoms with van der Waals surface area (Å²) in [5, 5.41) is 5.70. The van der Waals surface area contributed by atoms with E-state index in [1.165, 1.54) is 6.33 Å². The van der Waals surface area contributed by atoms with Crippen LogP contribution in [0, 0.1) is 5.92 Å². The van der Waals surface area contributed by atoms with Crippen molar-refractivity contribution in [3.8, 4) is 0 Å². The fourth-order valence-electron chi connectivity index (χ4n) is 2.41. The number of anilines is 2. The van der Waals surface area contributed by atoms with E-state index in [4.69, 9.17) is 0 Å². The van der Waals surface area contributed by atoms with Crippen LogP contribution in [0.2, 0.25) is 0 Å². The van der Waals surface area contributed by atoms with E-state index >= 15 is 0 Å². The predicted molar refractivity (Wildman–Crippen MR) is 92.8 cm³/mol. The SMILES string of the molecule is CCN1CCN(c2cc(NC(=O)NC(C)C(C)C)ncn2)CC1. The Hall–Kier alpha value is -1.89. The third kappa shape index (κ3) is 5.06. The topological polar surface area (TPSA) is 73.4 Å². The maximum atomic E-state index is 12.0. The number of carbonyl (C=O) groups excluding carboxylic acids is 1. The largest absolute Gasteiger partial charge is 0.354 e. The lowest BCUT2D eigenvalue weighted by atomic mass is 10.1. The van der Waals surface area contributed by atoms with Gasteiger partial charge in [0.15, 0.2) is 0 Å². The molecule has 0 radical (unpaired) electrons. The van der Waals surface area contributed by atoms with E-state index < -0.39 is 0 Å². The van der Waals surface area contributed by atoms with Gasteiger partial charge in [0, 0.05) is 38.3 Å². The van der Waals surface area contributed by atoms with Crippen LogP contribution in [0.15, 0.2) is 12.4 Å². The average molecular weight is 320 g/mol. The van der Waals surface area contributed by atoms with E-state index in [-0.39, 0.29) is 12.1 Å². The number of hydrogen-bond acceptors (Lipinski definition) is 5. The molecule has 0 saturated carbocycles. The molecule has 7 heteroatoms. The maximum Gasteiger partial charge on any atom is 0.320 e. The van der Waals surface area contributed by atoms with Crippen LogP contribution in [0.3, 0.4) is 0 Å². The van der Waals surface area contributed by atoms with Gasteiger partial charge in [-0.1, -0.05) is 20.8 Å². The highest BCUT2D eigenvalue weighted by Gasteiger charge is 2.18. The third-order valence-electron chi connectivity index (χ3n) is 4.40. The highest BCUT2D eigenvalue weighted by Crippen LogP contribution is 2.16. The summed E-state index contributed by atoms with van der Waals surface area (Å²) in [6.45, 7) is 13.4. The van der Waals surface area contributed by atoms with Crippen LogP contribution in [0.4, 0.5) is 16.4 Å². The van der Waals surface area contributed by atoms with Crippen molar-refractivity contribution in [3.63, 3.8) is 0 Å². The molecular formula is C16H28N6O. The van der Waals surface area contributed by atoms with Gasteiger partial charge in [-0.05, 0) is 19.4 Å². The van der Waals surface area contributed by atoms with Crippen LogP contribution in [0.5, 0.6) is 0 Å². The van der Waals surface area contributed by atoms with E-state index in [1.807, 2.05) is 13.0 Å². The first-order chi connectivity index (χ1) is 11.0. The molecule has 2 N–H and O–H groups in total. The molecule has 7 nitrogen and oxygen atoms in total.